The fourth-order valence-corrected chi connectivity index (χ4v) is 3.97. The van der Waals surface area contributed by atoms with Crippen LogP contribution in [-0.2, 0) is 4.74 Å². The third kappa shape index (κ3) is 1.97. The van der Waals surface area contributed by atoms with Crippen molar-refractivity contribution in [3.8, 4) is 0 Å². The molecule has 1 aromatic heterocycles. The summed E-state index contributed by atoms with van der Waals surface area (Å²) in [6.07, 6.45) is 0. The zero-order chi connectivity index (χ0) is 15.1. The predicted octanol–water partition coefficient (Wildman–Crippen LogP) is 5.38. The number of hydrogen-bond acceptors (Lipinski definition) is 3. The Morgan fingerprint density at radius 2 is 1.73 bits per heavy atom. The third-order valence-corrected chi connectivity index (χ3v) is 5.05. The van der Waals surface area contributed by atoms with Gasteiger partial charge in [-0.25, -0.2) is 4.79 Å². The van der Waals surface area contributed by atoms with Crippen molar-refractivity contribution in [2.45, 2.75) is 6.92 Å². The van der Waals surface area contributed by atoms with Crippen molar-refractivity contribution in [3.63, 3.8) is 0 Å². The van der Waals surface area contributed by atoms with Crippen LogP contribution in [-0.4, -0.2) is 12.6 Å². The molecule has 0 unspecified atom stereocenters. The van der Waals surface area contributed by atoms with Gasteiger partial charge in [0.2, 0.25) is 0 Å². The highest BCUT2D eigenvalue weighted by Gasteiger charge is 2.13. The Morgan fingerprint density at radius 1 is 0.955 bits per heavy atom. The molecule has 3 aromatic carbocycles. The van der Waals surface area contributed by atoms with Crippen molar-refractivity contribution >= 4 is 48.9 Å². The van der Waals surface area contributed by atoms with E-state index in [1.54, 1.807) is 0 Å². The highest BCUT2D eigenvalue weighted by Crippen LogP contribution is 2.36. The number of benzene rings is 3. The van der Waals surface area contributed by atoms with Crippen LogP contribution in [0, 0.1) is 0 Å². The van der Waals surface area contributed by atoms with Gasteiger partial charge in [-0.15, -0.1) is 11.3 Å². The molecule has 0 saturated heterocycles. The first-order valence-electron chi connectivity index (χ1n) is 7.29. The Balaban J connectivity index is 2.02. The van der Waals surface area contributed by atoms with Crippen LogP contribution < -0.4 is 0 Å². The molecule has 0 saturated carbocycles. The number of hydrogen-bond donors (Lipinski definition) is 0. The van der Waals surface area contributed by atoms with Crippen molar-refractivity contribution in [1.29, 1.82) is 0 Å². The molecule has 0 spiro atoms. The minimum absolute atomic E-state index is 0.238. The first-order valence-corrected chi connectivity index (χ1v) is 8.10. The summed E-state index contributed by atoms with van der Waals surface area (Å²) in [5.74, 6) is -0.238. The minimum Gasteiger partial charge on any atom is -0.462 e. The van der Waals surface area contributed by atoms with Crippen molar-refractivity contribution in [3.05, 3.63) is 59.5 Å². The second-order valence-electron chi connectivity index (χ2n) is 5.20. The van der Waals surface area contributed by atoms with Crippen LogP contribution in [0.25, 0.3) is 31.6 Å². The Hall–Kier alpha value is -2.39. The van der Waals surface area contributed by atoms with Gasteiger partial charge in [0.05, 0.1) is 6.61 Å². The molecule has 0 N–H and O–H groups in total. The van der Waals surface area contributed by atoms with Gasteiger partial charge in [0, 0.05) is 10.1 Å². The lowest BCUT2D eigenvalue weighted by molar-refractivity contribution is 0.0532. The molecule has 0 aliphatic carbocycles. The van der Waals surface area contributed by atoms with E-state index in [0.717, 1.165) is 10.1 Å². The summed E-state index contributed by atoms with van der Waals surface area (Å²) in [5, 5.41) is 5.99. The van der Waals surface area contributed by atoms with Crippen LogP contribution in [0.15, 0.2) is 54.6 Å². The molecule has 0 aliphatic heterocycles. The molecule has 1 heterocycles. The maximum Gasteiger partial charge on any atom is 0.348 e. The fraction of sp³-hybridized carbons (Fsp3) is 0.105. The van der Waals surface area contributed by atoms with Crippen molar-refractivity contribution in [1.82, 2.24) is 0 Å². The van der Waals surface area contributed by atoms with Gasteiger partial charge in [-0.05, 0) is 34.5 Å². The molecule has 0 bridgehead atoms. The number of esters is 1. The smallest absolute Gasteiger partial charge is 0.348 e. The molecule has 0 amide bonds. The number of thiophene rings is 1. The fourth-order valence-electron chi connectivity index (χ4n) is 2.89. The number of carbonyl (C=O) groups excluding carboxylic acids is 1. The van der Waals surface area contributed by atoms with Gasteiger partial charge in [-0.3, -0.25) is 0 Å². The van der Waals surface area contributed by atoms with E-state index < -0.39 is 0 Å². The lowest BCUT2D eigenvalue weighted by Gasteiger charge is -2.04. The van der Waals surface area contributed by atoms with E-state index >= 15 is 0 Å². The van der Waals surface area contributed by atoms with Crippen molar-refractivity contribution in [2.75, 3.05) is 6.61 Å². The number of ether oxygens (including phenoxy) is 1. The average Bonchev–Trinajstić information content (AvgIpc) is 2.99. The first kappa shape index (κ1) is 13.3. The summed E-state index contributed by atoms with van der Waals surface area (Å²) < 4.78 is 6.26. The molecule has 2 nitrogen and oxygen atoms in total. The van der Waals surface area contributed by atoms with E-state index in [9.17, 15) is 4.79 Å². The summed E-state index contributed by atoms with van der Waals surface area (Å²) >= 11 is 1.51. The maximum atomic E-state index is 12.0. The van der Waals surface area contributed by atoms with E-state index in [4.69, 9.17) is 4.74 Å². The molecule has 0 aliphatic rings. The second kappa shape index (κ2) is 5.11. The van der Waals surface area contributed by atoms with E-state index in [1.165, 1.54) is 32.9 Å². The zero-order valence-electron chi connectivity index (χ0n) is 12.1. The quantitative estimate of drug-likeness (QED) is 0.367. The highest BCUT2D eigenvalue weighted by molar-refractivity contribution is 7.21. The third-order valence-electron chi connectivity index (χ3n) is 3.88. The molecule has 0 fully saturated rings. The standard InChI is InChI=1S/C19H14O2S/c1-2-21-19(20)17-11-13-8-9-15-14-6-4-3-5-12(14)7-10-16(15)18(13)22-17/h3-11H,2H2,1H3. The van der Waals surface area contributed by atoms with Gasteiger partial charge in [0.25, 0.3) is 0 Å². The van der Waals surface area contributed by atoms with Crippen LogP contribution in [0.1, 0.15) is 16.6 Å². The van der Waals surface area contributed by atoms with Gasteiger partial charge in [0.1, 0.15) is 4.88 Å². The van der Waals surface area contributed by atoms with Gasteiger partial charge >= 0.3 is 5.97 Å². The second-order valence-corrected chi connectivity index (χ2v) is 6.25. The van der Waals surface area contributed by atoms with Gasteiger partial charge in [0.15, 0.2) is 0 Å². The molecule has 3 heteroatoms. The molecule has 4 rings (SSSR count). The van der Waals surface area contributed by atoms with Crippen molar-refractivity contribution in [2.24, 2.45) is 0 Å². The number of carbonyl (C=O) groups is 1. The molecule has 4 aromatic rings. The van der Waals surface area contributed by atoms with E-state index in [-0.39, 0.29) is 5.97 Å². The lowest BCUT2D eigenvalue weighted by atomic mass is 10.0. The van der Waals surface area contributed by atoms with E-state index in [0.29, 0.717) is 11.5 Å². The molecule has 0 atom stereocenters. The molecular weight excluding hydrogens is 292 g/mol. The molecule has 108 valence electrons. The number of fused-ring (bicyclic) bond motifs is 5. The Morgan fingerprint density at radius 3 is 2.59 bits per heavy atom. The normalized spacial score (nSPS) is 11.3. The van der Waals surface area contributed by atoms with Gasteiger partial charge in [-0.2, -0.15) is 0 Å². The first-order chi connectivity index (χ1) is 10.8. The predicted molar refractivity (Wildman–Crippen MR) is 92.8 cm³/mol. The van der Waals surface area contributed by atoms with E-state index in [1.807, 2.05) is 13.0 Å². The van der Waals surface area contributed by atoms with Crippen LogP contribution >= 0.6 is 11.3 Å². The van der Waals surface area contributed by atoms with Gasteiger partial charge in [-0.1, -0.05) is 48.5 Å². The van der Waals surface area contributed by atoms with Crippen LogP contribution in [0.3, 0.4) is 0 Å². The summed E-state index contributed by atoms with van der Waals surface area (Å²) in [6, 6.07) is 18.8. The molecular formula is C19H14O2S. The summed E-state index contributed by atoms with van der Waals surface area (Å²) in [5.41, 5.74) is 0. The summed E-state index contributed by atoms with van der Waals surface area (Å²) in [6.45, 7) is 2.23. The van der Waals surface area contributed by atoms with Crippen LogP contribution in [0.5, 0.6) is 0 Å². The SMILES string of the molecule is CCOC(=O)c1cc2ccc3c4ccccc4ccc3c2s1. The Labute approximate surface area is 131 Å². The highest BCUT2D eigenvalue weighted by atomic mass is 32.1. The van der Waals surface area contributed by atoms with E-state index in [2.05, 4.69) is 48.5 Å². The van der Waals surface area contributed by atoms with Crippen molar-refractivity contribution < 1.29 is 9.53 Å². The lowest BCUT2D eigenvalue weighted by Crippen LogP contribution is -2.01. The Kier molecular flexibility index (Phi) is 3.09. The summed E-state index contributed by atoms with van der Waals surface area (Å²) in [4.78, 5) is 12.6. The maximum absolute atomic E-state index is 12.0. The average molecular weight is 306 g/mol. The Bertz CT molecular complexity index is 1010. The summed E-state index contributed by atoms with van der Waals surface area (Å²) in [7, 11) is 0. The zero-order valence-corrected chi connectivity index (χ0v) is 12.9. The monoisotopic (exact) mass is 306 g/mol. The van der Waals surface area contributed by atoms with Gasteiger partial charge < -0.3 is 4.74 Å². The largest absolute Gasteiger partial charge is 0.462 e. The molecule has 22 heavy (non-hydrogen) atoms. The van der Waals surface area contributed by atoms with Crippen LogP contribution in [0.2, 0.25) is 0 Å². The minimum atomic E-state index is -0.238. The number of rotatable bonds is 2. The topological polar surface area (TPSA) is 26.3 Å². The molecule has 0 radical (unpaired) electrons. The van der Waals surface area contributed by atoms with Crippen LogP contribution in [0.4, 0.5) is 0 Å².